The second-order valence-corrected chi connectivity index (χ2v) is 5.13. The van der Waals surface area contributed by atoms with Gasteiger partial charge in [0.2, 0.25) is 0 Å². The molecule has 0 aliphatic rings. The van der Waals surface area contributed by atoms with Crippen LogP contribution in [0.4, 0.5) is 10.5 Å². The fourth-order valence-electron chi connectivity index (χ4n) is 1.83. The lowest BCUT2D eigenvalue weighted by molar-refractivity contribution is 0.0500. The highest BCUT2D eigenvalue weighted by molar-refractivity contribution is 5.92. The van der Waals surface area contributed by atoms with E-state index in [1.807, 2.05) is 6.92 Å². The molecule has 0 heterocycles. The van der Waals surface area contributed by atoms with E-state index in [2.05, 4.69) is 5.32 Å². The Hall–Kier alpha value is -2.12. The SMILES string of the molecule is CCCOC(=O)c1ccc(NC(=O)N(C)C[C@@H](O)COC)cc1. The van der Waals surface area contributed by atoms with Crippen molar-refractivity contribution in [3.05, 3.63) is 29.8 Å². The Morgan fingerprint density at radius 2 is 1.96 bits per heavy atom. The van der Waals surface area contributed by atoms with Crippen LogP contribution in [0.15, 0.2) is 24.3 Å². The maximum absolute atomic E-state index is 12.0. The number of urea groups is 1. The largest absolute Gasteiger partial charge is 0.462 e. The van der Waals surface area contributed by atoms with Crippen molar-refractivity contribution in [1.82, 2.24) is 4.90 Å². The van der Waals surface area contributed by atoms with Gasteiger partial charge in [-0.25, -0.2) is 9.59 Å². The van der Waals surface area contributed by atoms with Gasteiger partial charge in [0, 0.05) is 19.8 Å². The van der Waals surface area contributed by atoms with Crippen molar-refractivity contribution in [3.63, 3.8) is 0 Å². The molecule has 0 saturated heterocycles. The van der Waals surface area contributed by atoms with Crippen LogP contribution in [0.2, 0.25) is 0 Å². The van der Waals surface area contributed by atoms with E-state index < -0.39 is 6.10 Å². The molecule has 0 unspecified atom stereocenters. The van der Waals surface area contributed by atoms with Crippen LogP contribution in [0.1, 0.15) is 23.7 Å². The van der Waals surface area contributed by atoms with Gasteiger partial charge in [-0.05, 0) is 30.7 Å². The van der Waals surface area contributed by atoms with Gasteiger partial charge >= 0.3 is 12.0 Å². The Morgan fingerprint density at radius 3 is 2.52 bits per heavy atom. The van der Waals surface area contributed by atoms with E-state index in [1.54, 1.807) is 31.3 Å². The van der Waals surface area contributed by atoms with E-state index >= 15 is 0 Å². The minimum atomic E-state index is -0.744. The number of carbonyl (C=O) groups is 2. The topological polar surface area (TPSA) is 88.1 Å². The molecule has 1 aromatic carbocycles. The molecule has 2 N–H and O–H groups in total. The number of methoxy groups -OCH3 is 1. The van der Waals surface area contributed by atoms with E-state index in [4.69, 9.17) is 9.47 Å². The highest BCUT2D eigenvalue weighted by atomic mass is 16.5. The number of likely N-dealkylation sites (N-methyl/N-ethyl adjacent to an activating group) is 1. The first-order chi connectivity index (χ1) is 11.0. The fraction of sp³-hybridized carbons (Fsp3) is 0.500. The summed E-state index contributed by atoms with van der Waals surface area (Å²) in [6.45, 7) is 2.62. The molecule has 0 radical (unpaired) electrons. The second kappa shape index (κ2) is 9.81. The molecule has 1 atom stereocenters. The molecule has 0 bridgehead atoms. The standard InChI is InChI=1S/C16H24N2O5/c1-4-9-23-15(20)12-5-7-13(8-6-12)17-16(21)18(2)10-14(19)11-22-3/h5-8,14,19H,4,9-11H2,1-3H3,(H,17,21)/t14-/m1/s1. The number of benzene rings is 1. The van der Waals surface area contributed by atoms with Gasteiger partial charge in [-0.15, -0.1) is 0 Å². The molecular weight excluding hydrogens is 300 g/mol. The summed E-state index contributed by atoms with van der Waals surface area (Å²) in [6, 6.07) is 6.07. The molecule has 2 amide bonds. The zero-order valence-electron chi connectivity index (χ0n) is 13.7. The molecule has 0 fully saturated rings. The van der Waals surface area contributed by atoms with Gasteiger partial charge in [-0.3, -0.25) is 0 Å². The number of amides is 2. The number of carbonyl (C=O) groups excluding carboxylic acids is 2. The summed E-state index contributed by atoms with van der Waals surface area (Å²) in [5.41, 5.74) is 0.982. The maximum atomic E-state index is 12.0. The number of aliphatic hydroxyl groups excluding tert-OH is 1. The highest BCUT2D eigenvalue weighted by Crippen LogP contribution is 2.11. The third-order valence-electron chi connectivity index (χ3n) is 3.00. The summed E-state index contributed by atoms with van der Waals surface area (Å²) < 4.78 is 9.84. The van der Waals surface area contributed by atoms with Crippen molar-refractivity contribution in [1.29, 1.82) is 0 Å². The zero-order chi connectivity index (χ0) is 17.2. The Kier molecular flexibility index (Phi) is 8.07. The van der Waals surface area contributed by atoms with Gasteiger partial charge in [0.1, 0.15) is 0 Å². The van der Waals surface area contributed by atoms with E-state index in [-0.39, 0.29) is 25.2 Å². The Balaban J connectivity index is 2.53. The summed E-state index contributed by atoms with van der Waals surface area (Å²) in [7, 11) is 3.06. The molecule has 7 nitrogen and oxygen atoms in total. The normalized spacial score (nSPS) is 11.7. The van der Waals surface area contributed by atoms with Crippen LogP contribution in [-0.2, 0) is 9.47 Å². The number of hydrogen-bond acceptors (Lipinski definition) is 5. The maximum Gasteiger partial charge on any atom is 0.338 e. The molecule has 0 spiro atoms. The van der Waals surface area contributed by atoms with Crippen molar-refractivity contribution in [3.8, 4) is 0 Å². The monoisotopic (exact) mass is 324 g/mol. The lowest BCUT2D eigenvalue weighted by atomic mass is 10.2. The first kappa shape index (κ1) is 18.9. The number of rotatable bonds is 8. The van der Waals surface area contributed by atoms with Crippen LogP contribution in [0.5, 0.6) is 0 Å². The van der Waals surface area contributed by atoms with E-state index in [1.165, 1.54) is 12.0 Å². The summed E-state index contributed by atoms with van der Waals surface area (Å²) in [4.78, 5) is 25.0. The molecular formula is C16H24N2O5. The van der Waals surface area contributed by atoms with Gasteiger partial charge < -0.3 is 24.8 Å². The van der Waals surface area contributed by atoms with Crippen molar-refractivity contribution >= 4 is 17.7 Å². The average molecular weight is 324 g/mol. The first-order valence-corrected chi connectivity index (χ1v) is 7.44. The highest BCUT2D eigenvalue weighted by Gasteiger charge is 2.14. The Morgan fingerprint density at radius 1 is 1.30 bits per heavy atom. The summed E-state index contributed by atoms with van der Waals surface area (Å²) in [5, 5.41) is 12.3. The number of ether oxygens (including phenoxy) is 2. The number of anilines is 1. The van der Waals surface area contributed by atoms with Crippen LogP contribution in [0, 0.1) is 0 Å². The third kappa shape index (κ3) is 6.66. The Bertz CT molecular complexity index is 504. The molecule has 7 heteroatoms. The van der Waals surface area contributed by atoms with Crippen molar-refractivity contribution in [2.45, 2.75) is 19.4 Å². The molecule has 23 heavy (non-hydrogen) atoms. The molecule has 0 saturated carbocycles. The van der Waals surface area contributed by atoms with E-state index in [0.29, 0.717) is 17.9 Å². The van der Waals surface area contributed by atoms with Crippen LogP contribution in [0.25, 0.3) is 0 Å². The third-order valence-corrected chi connectivity index (χ3v) is 3.00. The van der Waals surface area contributed by atoms with Gasteiger partial charge in [0.15, 0.2) is 0 Å². The smallest absolute Gasteiger partial charge is 0.338 e. The lowest BCUT2D eigenvalue weighted by Crippen LogP contribution is -2.38. The molecule has 1 rings (SSSR count). The molecule has 1 aromatic rings. The predicted molar refractivity (Wildman–Crippen MR) is 86.5 cm³/mol. The summed E-state index contributed by atoms with van der Waals surface area (Å²) >= 11 is 0. The van der Waals surface area contributed by atoms with E-state index in [9.17, 15) is 14.7 Å². The lowest BCUT2D eigenvalue weighted by Gasteiger charge is -2.21. The minimum absolute atomic E-state index is 0.154. The quantitative estimate of drug-likeness (QED) is 0.711. The number of nitrogens with one attached hydrogen (secondary N) is 1. The van der Waals surface area contributed by atoms with Crippen LogP contribution < -0.4 is 5.32 Å². The van der Waals surface area contributed by atoms with Crippen LogP contribution >= 0.6 is 0 Å². The average Bonchev–Trinajstić information content (AvgIpc) is 2.53. The first-order valence-electron chi connectivity index (χ1n) is 7.44. The molecule has 128 valence electrons. The number of aliphatic hydroxyl groups is 1. The van der Waals surface area contributed by atoms with Crippen LogP contribution in [-0.4, -0.2) is 62.0 Å². The van der Waals surface area contributed by atoms with E-state index in [0.717, 1.165) is 6.42 Å². The van der Waals surface area contributed by atoms with Crippen molar-refractivity contribution < 1.29 is 24.2 Å². The summed E-state index contributed by atoms with van der Waals surface area (Å²) in [6.07, 6.45) is 0.0210. The van der Waals surface area contributed by atoms with Crippen LogP contribution in [0.3, 0.4) is 0 Å². The van der Waals surface area contributed by atoms with Gasteiger partial charge in [0.25, 0.3) is 0 Å². The fourth-order valence-corrected chi connectivity index (χ4v) is 1.83. The zero-order valence-corrected chi connectivity index (χ0v) is 13.7. The number of esters is 1. The van der Waals surface area contributed by atoms with Crippen molar-refractivity contribution in [2.24, 2.45) is 0 Å². The van der Waals surface area contributed by atoms with Gasteiger partial charge in [-0.2, -0.15) is 0 Å². The minimum Gasteiger partial charge on any atom is -0.462 e. The molecule has 0 aromatic heterocycles. The second-order valence-electron chi connectivity index (χ2n) is 5.13. The number of nitrogens with zero attached hydrogens (tertiary/aromatic N) is 1. The number of hydrogen-bond donors (Lipinski definition) is 2. The Labute approximate surface area is 136 Å². The van der Waals surface area contributed by atoms with Gasteiger partial charge in [0.05, 0.1) is 31.4 Å². The van der Waals surface area contributed by atoms with Crippen molar-refractivity contribution in [2.75, 3.05) is 39.2 Å². The predicted octanol–water partition coefficient (Wildman–Crippen LogP) is 1.72. The molecule has 0 aliphatic carbocycles. The summed E-state index contributed by atoms with van der Waals surface area (Å²) in [5.74, 6) is -0.385. The molecule has 0 aliphatic heterocycles. The van der Waals surface area contributed by atoms with Gasteiger partial charge in [-0.1, -0.05) is 6.92 Å².